The van der Waals surface area contributed by atoms with Crippen LogP contribution in [0.2, 0.25) is 0 Å². The van der Waals surface area contributed by atoms with E-state index >= 15 is 0 Å². The Morgan fingerprint density at radius 3 is 2.63 bits per heavy atom. The molecule has 1 N–H and O–H groups in total. The third-order valence-electron chi connectivity index (χ3n) is 4.88. The van der Waals surface area contributed by atoms with Crippen LogP contribution in [0.25, 0.3) is 5.69 Å². The van der Waals surface area contributed by atoms with E-state index in [4.69, 9.17) is 0 Å². The normalized spacial score (nSPS) is 13.6. The molecule has 30 heavy (non-hydrogen) atoms. The number of benzene rings is 2. The Morgan fingerprint density at radius 1 is 1.10 bits per heavy atom. The summed E-state index contributed by atoms with van der Waals surface area (Å²) in [7, 11) is 0. The minimum absolute atomic E-state index is 0.126. The highest BCUT2D eigenvalue weighted by Crippen LogP contribution is 2.25. The minimum atomic E-state index is -0.134. The lowest BCUT2D eigenvalue weighted by atomic mass is 10.2. The van der Waals surface area contributed by atoms with Crippen LogP contribution in [0.5, 0.6) is 0 Å². The Bertz CT molecular complexity index is 1050. The molecule has 1 aliphatic heterocycles. The zero-order valence-electron chi connectivity index (χ0n) is 16.7. The largest absolute Gasteiger partial charge is 0.325 e. The fourth-order valence-electron chi connectivity index (χ4n) is 3.46. The number of hydrogen-bond acceptors (Lipinski definition) is 5. The lowest BCUT2D eigenvalue weighted by Crippen LogP contribution is -2.23. The molecule has 0 unspecified atom stereocenters. The molecule has 1 saturated heterocycles. The van der Waals surface area contributed by atoms with Gasteiger partial charge in [0.1, 0.15) is 5.82 Å². The van der Waals surface area contributed by atoms with Gasteiger partial charge >= 0.3 is 0 Å². The van der Waals surface area contributed by atoms with Crippen LogP contribution in [0.1, 0.15) is 25.6 Å². The molecule has 4 rings (SSSR count). The van der Waals surface area contributed by atoms with E-state index in [1.54, 1.807) is 4.90 Å². The van der Waals surface area contributed by atoms with Gasteiger partial charge in [0.05, 0.1) is 5.75 Å². The summed E-state index contributed by atoms with van der Waals surface area (Å²) in [5, 5.41) is 12.1. The number of rotatable bonds is 7. The zero-order chi connectivity index (χ0) is 20.9. The first-order chi connectivity index (χ1) is 14.7. The molecule has 3 aromatic rings. The number of carbonyl (C=O) groups is 2. The molecule has 8 heteroatoms. The van der Waals surface area contributed by atoms with Crippen LogP contribution >= 0.6 is 11.8 Å². The van der Waals surface area contributed by atoms with E-state index < -0.39 is 0 Å². The van der Waals surface area contributed by atoms with E-state index in [1.165, 1.54) is 11.8 Å². The average Bonchev–Trinajstić information content (AvgIpc) is 3.39. The van der Waals surface area contributed by atoms with Crippen LogP contribution in [0.4, 0.5) is 11.4 Å². The molecule has 2 aromatic carbocycles. The highest BCUT2D eigenvalue weighted by Gasteiger charge is 2.22. The van der Waals surface area contributed by atoms with Crippen molar-refractivity contribution < 1.29 is 9.59 Å². The van der Waals surface area contributed by atoms with E-state index in [9.17, 15) is 9.59 Å². The fraction of sp³-hybridized carbons (Fsp3) is 0.273. The van der Waals surface area contributed by atoms with Crippen LogP contribution < -0.4 is 10.2 Å². The quantitative estimate of drug-likeness (QED) is 0.589. The van der Waals surface area contributed by atoms with Crippen molar-refractivity contribution in [3.63, 3.8) is 0 Å². The first kappa shape index (κ1) is 20.2. The number of hydrogen-bond donors (Lipinski definition) is 1. The lowest BCUT2D eigenvalue weighted by molar-refractivity contribution is -0.117. The number of aromatic nitrogens is 3. The molecule has 0 radical (unpaired) electrons. The van der Waals surface area contributed by atoms with Gasteiger partial charge in [-0.15, -0.1) is 10.2 Å². The number of aryl methyl sites for hydroxylation is 1. The maximum atomic E-state index is 12.5. The van der Waals surface area contributed by atoms with Gasteiger partial charge in [-0.1, -0.05) is 43.0 Å². The molecular formula is C22H23N5O2S. The first-order valence-corrected chi connectivity index (χ1v) is 11.0. The molecule has 1 fully saturated rings. The van der Waals surface area contributed by atoms with Crippen LogP contribution in [0.3, 0.4) is 0 Å². The second-order valence-corrected chi connectivity index (χ2v) is 7.90. The third kappa shape index (κ3) is 4.38. The number of amides is 2. The van der Waals surface area contributed by atoms with Crippen LogP contribution in [-0.2, 0) is 16.0 Å². The van der Waals surface area contributed by atoms with E-state index in [1.807, 2.05) is 66.1 Å². The summed E-state index contributed by atoms with van der Waals surface area (Å²) in [6, 6.07) is 17.3. The van der Waals surface area contributed by atoms with Crippen LogP contribution in [0, 0.1) is 0 Å². The van der Waals surface area contributed by atoms with Gasteiger partial charge in [0.25, 0.3) is 0 Å². The van der Waals surface area contributed by atoms with E-state index in [2.05, 4.69) is 15.5 Å². The Hall–Kier alpha value is -3.13. The topological polar surface area (TPSA) is 80.1 Å². The summed E-state index contributed by atoms with van der Waals surface area (Å²) >= 11 is 1.35. The van der Waals surface area contributed by atoms with Gasteiger partial charge < -0.3 is 10.2 Å². The van der Waals surface area contributed by atoms with E-state index in [0.717, 1.165) is 36.6 Å². The minimum Gasteiger partial charge on any atom is -0.325 e. The SMILES string of the molecule is CCc1nnc(SCC(=O)Nc2cccc(N3CCCC3=O)c2)n1-c1ccccc1. The monoisotopic (exact) mass is 421 g/mol. The Balaban J connectivity index is 1.43. The number of nitrogens with zero attached hydrogens (tertiary/aromatic N) is 4. The van der Waals surface area contributed by atoms with Crippen molar-refractivity contribution in [1.82, 2.24) is 14.8 Å². The molecule has 0 bridgehead atoms. The van der Waals surface area contributed by atoms with Gasteiger partial charge in [0.15, 0.2) is 5.16 Å². The summed E-state index contributed by atoms with van der Waals surface area (Å²) in [6.07, 6.45) is 2.19. The van der Waals surface area contributed by atoms with Gasteiger partial charge in [0, 0.05) is 36.4 Å². The molecule has 154 valence electrons. The highest BCUT2D eigenvalue weighted by molar-refractivity contribution is 7.99. The molecule has 2 heterocycles. The van der Waals surface area contributed by atoms with Crippen molar-refractivity contribution in [1.29, 1.82) is 0 Å². The molecule has 0 spiro atoms. The van der Waals surface area contributed by atoms with E-state index in [-0.39, 0.29) is 17.6 Å². The fourth-order valence-corrected chi connectivity index (χ4v) is 4.23. The second kappa shape index (κ2) is 9.13. The van der Waals surface area contributed by atoms with Crippen molar-refractivity contribution in [3.8, 4) is 5.69 Å². The molecular weight excluding hydrogens is 398 g/mol. The predicted octanol–water partition coefficient (Wildman–Crippen LogP) is 3.69. The summed E-state index contributed by atoms with van der Waals surface area (Å²) in [4.78, 5) is 26.3. The van der Waals surface area contributed by atoms with Crippen LogP contribution in [-0.4, -0.2) is 38.9 Å². The van der Waals surface area contributed by atoms with Gasteiger partial charge in [-0.25, -0.2) is 0 Å². The number of anilines is 2. The molecule has 2 amide bonds. The third-order valence-corrected chi connectivity index (χ3v) is 5.81. The smallest absolute Gasteiger partial charge is 0.234 e. The van der Waals surface area contributed by atoms with Gasteiger partial charge in [0.2, 0.25) is 11.8 Å². The highest BCUT2D eigenvalue weighted by atomic mass is 32.2. The molecule has 0 aliphatic carbocycles. The number of carbonyl (C=O) groups excluding carboxylic acids is 2. The van der Waals surface area contributed by atoms with Gasteiger partial charge in [-0.2, -0.15) is 0 Å². The van der Waals surface area contributed by atoms with Crippen LogP contribution in [0.15, 0.2) is 59.8 Å². The summed E-state index contributed by atoms with van der Waals surface area (Å²) in [5.74, 6) is 1.06. The standard InChI is InChI=1S/C22H23N5O2S/c1-2-19-24-25-22(27(19)17-9-4-3-5-10-17)30-15-20(28)23-16-8-6-11-18(14-16)26-13-7-12-21(26)29/h3-6,8-11,14H,2,7,12-13,15H2,1H3,(H,23,28). The molecule has 1 aliphatic rings. The maximum Gasteiger partial charge on any atom is 0.234 e. The number of para-hydroxylation sites is 1. The zero-order valence-corrected chi connectivity index (χ0v) is 17.6. The van der Waals surface area contributed by atoms with Crippen molar-refractivity contribution in [3.05, 3.63) is 60.4 Å². The van der Waals surface area contributed by atoms with Crippen molar-refractivity contribution >= 4 is 35.0 Å². The maximum absolute atomic E-state index is 12.5. The Labute approximate surface area is 179 Å². The van der Waals surface area contributed by atoms with Crippen molar-refractivity contribution in [2.45, 2.75) is 31.3 Å². The molecule has 0 atom stereocenters. The molecule has 7 nitrogen and oxygen atoms in total. The van der Waals surface area contributed by atoms with Crippen molar-refractivity contribution in [2.75, 3.05) is 22.5 Å². The number of nitrogens with one attached hydrogen (secondary N) is 1. The Kier molecular flexibility index (Phi) is 6.13. The summed E-state index contributed by atoms with van der Waals surface area (Å²) in [6.45, 7) is 2.75. The molecule has 0 saturated carbocycles. The molecule has 1 aromatic heterocycles. The second-order valence-electron chi connectivity index (χ2n) is 6.96. The summed E-state index contributed by atoms with van der Waals surface area (Å²) < 4.78 is 1.98. The first-order valence-electron chi connectivity index (χ1n) is 9.98. The van der Waals surface area contributed by atoms with Gasteiger partial charge in [-0.3, -0.25) is 14.2 Å². The Morgan fingerprint density at radius 2 is 1.90 bits per heavy atom. The van der Waals surface area contributed by atoms with Crippen molar-refractivity contribution in [2.24, 2.45) is 0 Å². The predicted molar refractivity (Wildman–Crippen MR) is 118 cm³/mol. The van der Waals surface area contributed by atoms with E-state index in [0.29, 0.717) is 17.3 Å². The van der Waals surface area contributed by atoms with Gasteiger partial charge in [-0.05, 0) is 36.8 Å². The summed E-state index contributed by atoms with van der Waals surface area (Å²) in [5.41, 5.74) is 2.47. The lowest BCUT2D eigenvalue weighted by Gasteiger charge is -2.16. The number of thioether (sulfide) groups is 1. The average molecular weight is 422 g/mol.